The molecule has 1 aromatic heterocycles. The number of fused-ring (bicyclic) bond motifs is 1. The van der Waals surface area contributed by atoms with E-state index in [9.17, 15) is 21.6 Å². The van der Waals surface area contributed by atoms with E-state index in [4.69, 9.17) is 0 Å². The summed E-state index contributed by atoms with van der Waals surface area (Å²) in [5.74, 6) is -0.336. The average Bonchev–Trinajstić information content (AvgIpc) is 3.32. The summed E-state index contributed by atoms with van der Waals surface area (Å²) in [5.41, 5.74) is 2.54. The van der Waals surface area contributed by atoms with Gasteiger partial charge in [-0.3, -0.25) is 4.79 Å². The molecule has 5 rings (SSSR count). The Hall–Kier alpha value is -3.39. The molecule has 0 saturated carbocycles. The molecule has 0 spiro atoms. The van der Waals surface area contributed by atoms with E-state index in [1.54, 1.807) is 42.5 Å². The topological polar surface area (TPSA) is 124 Å². The highest BCUT2D eigenvalue weighted by Gasteiger charge is 2.32. The Morgan fingerprint density at radius 3 is 2.26 bits per heavy atom. The second-order valence-electron chi connectivity index (χ2n) is 9.03. The van der Waals surface area contributed by atoms with Crippen LogP contribution in [0.2, 0.25) is 0 Å². The van der Waals surface area contributed by atoms with E-state index in [1.807, 2.05) is 29.2 Å². The second-order valence-corrected chi connectivity index (χ2v) is 13.8. The van der Waals surface area contributed by atoms with Crippen molar-refractivity contribution in [3.63, 3.8) is 0 Å². The Morgan fingerprint density at radius 1 is 0.897 bits per heavy atom. The number of benzene rings is 3. The van der Waals surface area contributed by atoms with Crippen LogP contribution in [0.15, 0.2) is 88.9 Å². The third-order valence-corrected chi connectivity index (χ3v) is 10.5. The smallest absolute Gasteiger partial charge is 0.336 e. The molecular weight excluding hydrogens is 559 g/mol. The molecular formula is C26H28N5O5S3+. The van der Waals surface area contributed by atoms with Crippen LogP contribution in [0.1, 0.15) is 0 Å². The van der Waals surface area contributed by atoms with E-state index < -0.39 is 20.0 Å². The van der Waals surface area contributed by atoms with Crippen LogP contribution in [-0.2, 0) is 24.8 Å². The van der Waals surface area contributed by atoms with Gasteiger partial charge in [0.25, 0.3) is 0 Å². The standard InChI is InChI=1S/C26H27N5O5S3/c1-38(33,34)30-17-15-29(16-18-30)23-13-7-5-11-21(23)27-25(32)19-37-26-28-22-12-6-8-14-24(22)31(26)39(35,36)20-9-3-2-4-10-20/h2-14H,15-19H2,1H3,(H,27,32)/p+1. The Balaban J connectivity index is 1.34. The van der Waals surface area contributed by atoms with E-state index in [2.05, 4.69) is 10.3 Å². The molecule has 1 fully saturated rings. The highest BCUT2D eigenvalue weighted by molar-refractivity contribution is 8.00. The van der Waals surface area contributed by atoms with Crippen LogP contribution in [0.3, 0.4) is 0 Å². The molecule has 13 heteroatoms. The van der Waals surface area contributed by atoms with E-state index in [1.165, 1.54) is 26.7 Å². The summed E-state index contributed by atoms with van der Waals surface area (Å²) in [7, 11) is -7.17. The lowest BCUT2D eigenvalue weighted by Gasteiger charge is -2.35. The molecule has 0 bridgehead atoms. The van der Waals surface area contributed by atoms with Crippen molar-refractivity contribution >= 4 is 60.1 Å². The van der Waals surface area contributed by atoms with Crippen LogP contribution in [0.5, 0.6) is 0 Å². The number of nitrogens with zero attached hydrogens (tertiary/aromatic N) is 3. The van der Waals surface area contributed by atoms with Gasteiger partial charge in [-0.05, 0) is 48.2 Å². The Bertz CT molecular complexity index is 1720. The van der Waals surface area contributed by atoms with Crippen LogP contribution in [0.25, 0.3) is 11.0 Å². The van der Waals surface area contributed by atoms with Crippen molar-refractivity contribution < 1.29 is 25.6 Å². The molecule has 0 radical (unpaired) electrons. The maximum atomic E-state index is 13.6. The summed E-state index contributed by atoms with van der Waals surface area (Å²) in [5, 5.41) is 3.26. The van der Waals surface area contributed by atoms with Crippen molar-refractivity contribution in [1.29, 1.82) is 0 Å². The minimum absolute atomic E-state index is 0.0344. The van der Waals surface area contributed by atoms with Gasteiger partial charge >= 0.3 is 15.2 Å². The lowest BCUT2D eigenvalue weighted by molar-refractivity contribution is -0.526. The molecule has 0 unspecified atom stereocenters. The average molecular weight is 587 g/mol. The third kappa shape index (κ3) is 5.81. The minimum atomic E-state index is -3.92. The van der Waals surface area contributed by atoms with E-state index in [-0.39, 0.29) is 16.6 Å². The zero-order chi connectivity index (χ0) is 27.6. The van der Waals surface area contributed by atoms with Gasteiger partial charge in [-0.15, -0.1) is 3.97 Å². The van der Waals surface area contributed by atoms with Crippen LogP contribution in [-0.4, -0.2) is 70.2 Å². The number of sulfonamides is 1. The summed E-state index contributed by atoms with van der Waals surface area (Å²) in [6.45, 7) is 1.74. The largest absolute Gasteiger partial charge is 0.367 e. The molecule has 1 aliphatic heterocycles. The molecule has 3 aromatic carbocycles. The van der Waals surface area contributed by atoms with Crippen molar-refractivity contribution in [3.05, 3.63) is 78.9 Å². The van der Waals surface area contributed by atoms with Gasteiger partial charge in [-0.25, -0.2) is 13.4 Å². The van der Waals surface area contributed by atoms with Crippen molar-refractivity contribution in [1.82, 2.24) is 9.29 Å². The molecule has 0 atom stereocenters. The predicted molar refractivity (Wildman–Crippen MR) is 152 cm³/mol. The van der Waals surface area contributed by atoms with E-state index in [0.717, 1.165) is 17.4 Å². The Morgan fingerprint density at radius 2 is 1.54 bits per heavy atom. The first-order chi connectivity index (χ1) is 18.6. The van der Waals surface area contributed by atoms with E-state index >= 15 is 0 Å². The molecule has 1 amide bonds. The number of para-hydroxylation sites is 4. The maximum absolute atomic E-state index is 13.6. The summed E-state index contributed by atoms with van der Waals surface area (Å²) in [6.07, 6.45) is 1.20. The number of imidazole rings is 1. The molecule has 2 N–H and O–H groups in total. The molecule has 39 heavy (non-hydrogen) atoms. The van der Waals surface area contributed by atoms with Gasteiger partial charge in [0.05, 0.1) is 23.4 Å². The summed E-state index contributed by atoms with van der Waals surface area (Å²) in [6, 6.07) is 22.6. The van der Waals surface area contributed by atoms with Gasteiger partial charge in [-0.2, -0.15) is 12.7 Å². The normalized spacial score (nSPS) is 14.9. The molecule has 1 saturated heterocycles. The molecule has 10 nitrogen and oxygen atoms in total. The first kappa shape index (κ1) is 27.2. The molecule has 0 aliphatic carbocycles. The fraction of sp³-hybridized carbons (Fsp3) is 0.231. The summed E-state index contributed by atoms with van der Waals surface area (Å²) >= 11 is 1.10. The Kier molecular flexibility index (Phi) is 7.67. The van der Waals surface area contributed by atoms with Crippen molar-refractivity contribution in [2.45, 2.75) is 10.1 Å². The quantitative estimate of drug-likeness (QED) is 0.240. The van der Waals surface area contributed by atoms with Crippen LogP contribution in [0.4, 0.5) is 11.4 Å². The number of rotatable bonds is 8. The zero-order valence-corrected chi connectivity index (χ0v) is 23.6. The third-order valence-electron chi connectivity index (χ3n) is 6.40. The van der Waals surface area contributed by atoms with Crippen LogP contribution >= 0.6 is 11.8 Å². The number of amides is 1. The van der Waals surface area contributed by atoms with Gasteiger partial charge in [0.1, 0.15) is 4.90 Å². The molecule has 2 heterocycles. The summed E-state index contributed by atoms with van der Waals surface area (Å²) < 4.78 is 53.5. The first-order valence-electron chi connectivity index (χ1n) is 12.2. The fourth-order valence-corrected chi connectivity index (χ4v) is 7.91. The number of aromatic nitrogens is 2. The highest BCUT2D eigenvalue weighted by atomic mass is 32.2. The van der Waals surface area contributed by atoms with Gasteiger partial charge < -0.3 is 10.2 Å². The lowest BCUT2D eigenvalue weighted by Crippen LogP contribution is -2.48. The lowest BCUT2D eigenvalue weighted by atomic mass is 10.2. The molecule has 4 aromatic rings. The molecule has 204 valence electrons. The van der Waals surface area contributed by atoms with Crippen molar-refractivity contribution in [3.8, 4) is 0 Å². The first-order valence-corrected chi connectivity index (χ1v) is 16.5. The SMILES string of the molecule is CS(=O)(=O)N1CCN(c2ccccc2NC(=O)CSc2[nH]c3ccccc3[n+]2S(=O)(=O)c2ccccc2)CC1. The number of hydrogen-bond donors (Lipinski definition) is 2. The zero-order valence-electron chi connectivity index (χ0n) is 21.1. The minimum Gasteiger partial charge on any atom is -0.367 e. The Labute approximate surface area is 231 Å². The van der Waals surface area contributed by atoms with Gasteiger partial charge in [0.2, 0.25) is 15.9 Å². The van der Waals surface area contributed by atoms with Gasteiger partial charge in [0.15, 0.2) is 11.0 Å². The number of aromatic amines is 1. The number of anilines is 2. The second kappa shape index (κ2) is 11.0. The fourth-order valence-electron chi connectivity index (χ4n) is 4.50. The number of nitrogens with one attached hydrogen (secondary N) is 2. The number of thioether (sulfide) groups is 1. The van der Waals surface area contributed by atoms with Gasteiger partial charge in [-0.1, -0.05) is 42.5 Å². The highest BCUT2D eigenvalue weighted by Crippen LogP contribution is 2.28. The maximum Gasteiger partial charge on any atom is 0.336 e. The van der Waals surface area contributed by atoms with Gasteiger partial charge in [0, 0.05) is 26.2 Å². The van der Waals surface area contributed by atoms with Crippen LogP contribution < -0.4 is 14.2 Å². The predicted octanol–water partition coefficient (Wildman–Crippen LogP) is 2.50. The van der Waals surface area contributed by atoms with Crippen LogP contribution in [0, 0.1) is 0 Å². The number of piperazine rings is 1. The van der Waals surface area contributed by atoms with E-state index in [0.29, 0.717) is 48.1 Å². The molecule has 1 aliphatic rings. The number of carbonyl (C=O) groups excluding carboxylic acids is 1. The number of hydrogen-bond acceptors (Lipinski definition) is 7. The number of H-pyrrole nitrogens is 1. The summed E-state index contributed by atoms with van der Waals surface area (Å²) in [4.78, 5) is 18.4. The monoisotopic (exact) mass is 586 g/mol. The van der Waals surface area contributed by atoms with Crippen molar-refractivity contribution in [2.75, 3.05) is 48.4 Å². The van der Waals surface area contributed by atoms with Crippen molar-refractivity contribution in [2.24, 2.45) is 0 Å². The number of carbonyl (C=O) groups is 1.